The van der Waals surface area contributed by atoms with Crippen molar-refractivity contribution < 1.29 is 4.79 Å². The molecule has 2 N–H and O–H groups in total. The minimum atomic E-state index is -0.0598. The zero-order valence-electron chi connectivity index (χ0n) is 8.79. The lowest BCUT2D eigenvalue weighted by atomic mass is 10.2. The third-order valence-electron chi connectivity index (χ3n) is 2.35. The molecule has 15 heavy (non-hydrogen) atoms. The highest BCUT2D eigenvalue weighted by Crippen LogP contribution is 2.19. The number of hydrogen-bond donors (Lipinski definition) is 2. The number of amides is 1. The highest BCUT2D eigenvalue weighted by atomic mass is 16.2. The van der Waals surface area contributed by atoms with E-state index < -0.39 is 0 Å². The van der Waals surface area contributed by atoms with Crippen molar-refractivity contribution in [3.8, 4) is 0 Å². The molecule has 4 heteroatoms. The van der Waals surface area contributed by atoms with Gasteiger partial charge in [-0.15, -0.1) is 0 Å². The van der Waals surface area contributed by atoms with Gasteiger partial charge in [-0.25, -0.2) is 0 Å². The van der Waals surface area contributed by atoms with Crippen LogP contribution in [0.15, 0.2) is 18.3 Å². The molecule has 0 atom stereocenters. The van der Waals surface area contributed by atoms with Crippen LogP contribution in [0.25, 0.3) is 0 Å². The third kappa shape index (κ3) is 2.76. The van der Waals surface area contributed by atoms with Gasteiger partial charge >= 0.3 is 0 Å². The minimum Gasteiger partial charge on any atom is -0.348 e. The topological polar surface area (TPSA) is 54.0 Å². The first-order chi connectivity index (χ1) is 7.29. The number of carbonyl (C=O) groups is 1. The lowest BCUT2D eigenvalue weighted by Crippen LogP contribution is -2.26. The van der Waals surface area contributed by atoms with Gasteiger partial charge in [0, 0.05) is 18.8 Å². The van der Waals surface area contributed by atoms with Gasteiger partial charge in [0.25, 0.3) is 5.91 Å². The van der Waals surface area contributed by atoms with Crippen molar-refractivity contribution in [1.82, 2.24) is 15.6 Å². The van der Waals surface area contributed by atoms with Crippen LogP contribution in [-0.2, 0) is 6.54 Å². The Morgan fingerprint density at radius 1 is 1.60 bits per heavy atom. The van der Waals surface area contributed by atoms with Crippen molar-refractivity contribution >= 4 is 5.91 Å². The molecule has 1 saturated carbocycles. The van der Waals surface area contributed by atoms with Crippen LogP contribution in [0.5, 0.6) is 0 Å². The van der Waals surface area contributed by atoms with Crippen molar-refractivity contribution in [3.05, 3.63) is 29.6 Å². The normalized spacial score (nSPS) is 15.0. The van der Waals surface area contributed by atoms with Gasteiger partial charge in [0.1, 0.15) is 5.69 Å². The summed E-state index contributed by atoms with van der Waals surface area (Å²) in [7, 11) is 1.88. The number of carbonyl (C=O) groups excluding carboxylic acids is 1. The van der Waals surface area contributed by atoms with Crippen molar-refractivity contribution in [2.45, 2.75) is 25.4 Å². The molecule has 1 heterocycles. The van der Waals surface area contributed by atoms with Gasteiger partial charge in [0.05, 0.1) is 0 Å². The Kier molecular flexibility index (Phi) is 2.97. The van der Waals surface area contributed by atoms with E-state index in [0.717, 1.165) is 24.9 Å². The first-order valence-electron chi connectivity index (χ1n) is 5.20. The summed E-state index contributed by atoms with van der Waals surface area (Å²) in [5, 5.41) is 5.96. The van der Waals surface area contributed by atoms with Gasteiger partial charge < -0.3 is 10.6 Å². The number of pyridine rings is 1. The fourth-order valence-electron chi connectivity index (χ4n) is 1.40. The quantitative estimate of drug-likeness (QED) is 0.760. The lowest BCUT2D eigenvalue weighted by molar-refractivity contribution is 0.0946. The Labute approximate surface area is 89.1 Å². The molecule has 0 spiro atoms. The lowest BCUT2D eigenvalue weighted by Gasteiger charge is -2.04. The Balaban J connectivity index is 2.05. The molecule has 1 amide bonds. The second-order valence-corrected chi connectivity index (χ2v) is 3.83. The second-order valence-electron chi connectivity index (χ2n) is 3.83. The summed E-state index contributed by atoms with van der Waals surface area (Å²) in [6.45, 7) is 0.756. The molecular formula is C11H15N3O. The Bertz CT molecular complexity index is 361. The van der Waals surface area contributed by atoms with Gasteiger partial charge in [-0.1, -0.05) is 0 Å². The van der Waals surface area contributed by atoms with Crippen molar-refractivity contribution in [3.63, 3.8) is 0 Å². The molecule has 0 saturated heterocycles. The fourth-order valence-corrected chi connectivity index (χ4v) is 1.40. The third-order valence-corrected chi connectivity index (χ3v) is 2.35. The van der Waals surface area contributed by atoms with E-state index in [0.29, 0.717) is 11.7 Å². The Hall–Kier alpha value is -1.42. The van der Waals surface area contributed by atoms with Crippen LogP contribution in [0.2, 0.25) is 0 Å². The number of hydrogen-bond acceptors (Lipinski definition) is 3. The smallest absolute Gasteiger partial charge is 0.270 e. The van der Waals surface area contributed by atoms with Crippen molar-refractivity contribution in [2.24, 2.45) is 0 Å². The highest BCUT2D eigenvalue weighted by molar-refractivity contribution is 5.92. The van der Waals surface area contributed by atoms with Crippen molar-refractivity contribution in [1.29, 1.82) is 0 Å². The second kappa shape index (κ2) is 4.40. The van der Waals surface area contributed by atoms with E-state index in [2.05, 4.69) is 15.6 Å². The zero-order valence-corrected chi connectivity index (χ0v) is 8.79. The maximum Gasteiger partial charge on any atom is 0.270 e. The maximum absolute atomic E-state index is 11.7. The van der Waals surface area contributed by atoms with Gasteiger partial charge in [0.15, 0.2) is 0 Å². The minimum absolute atomic E-state index is 0.0598. The van der Waals surface area contributed by atoms with Crippen molar-refractivity contribution in [2.75, 3.05) is 7.05 Å². The number of rotatable bonds is 4. The molecule has 1 fully saturated rings. The van der Waals surface area contributed by atoms with E-state index in [-0.39, 0.29) is 5.91 Å². The number of aromatic nitrogens is 1. The van der Waals surface area contributed by atoms with E-state index in [1.54, 1.807) is 6.20 Å². The summed E-state index contributed by atoms with van der Waals surface area (Å²) in [5.74, 6) is -0.0598. The van der Waals surface area contributed by atoms with Gasteiger partial charge in [-0.3, -0.25) is 9.78 Å². The van der Waals surface area contributed by atoms with Gasteiger partial charge in [-0.05, 0) is 37.6 Å². The summed E-state index contributed by atoms with van der Waals surface area (Å²) in [6, 6.07) is 4.12. The van der Waals surface area contributed by atoms with Crippen LogP contribution in [0.1, 0.15) is 28.9 Å². The molecule has 1 aromatic rings. The zero-order chi connectivity index (χ0) is 10.7. The average molecular weight is 205 g/mol. The molecule has 0 radical (unpaired) electrons. The van der Waals surface area contributed by atoms with E-state index >= 15 is 0 Å². The Morgan fingerprint density at radius 3 is 3.07 bits per heavy atom. The molecule has 2 rings (SSSR count). The number of nitrogens with one attached hydrogen (secondary N) is 2. The van der Waals surface area contributed by atoms with Crippen LogP contribution >= 0.6 is 0 Å². The molecule has 1 aliphatic carbocycles. The van der Waals surface area contributed by atoms with Crippen LogP contribution in [0.4, 0.5) is 0 Å². The molecular weight excluding hydrogens is 190 g/mol. The van der Waals surface area contributed by atoms with E-state index in [1.807, 2.05) is 19.2 Å². The Morgan fingerprint density at radius 2 is 2.40 bits per heavy atom. The van der Waals surface area contributed by atoms with E-state index in [9.17, 15) is 4.79 Å². The SMILES string of the molecule is CNCc1ccnc(C(=O)NC2CC2)c1. The summed E-state index contributed by atoms with van der Waals surface area (Å²) in [5.41, 5.74) is 1.59. The van der Waals surface area contributed by atoms with E-state index in [4.69, 9.17) is 0 Å². The maximum atomic E-state index is 11.7. The monoisotopic (exact) mass is 205 g/mol. The van der Waals surface area contributed by atoms with Crippen LogP contribution < -0.4 is 10.6 Å². The summed E-state index contributed by atoms with van der Waals surface area (Å²) in [4.78, 5) is 15.7. The summed E-state index contributed by atoms with van der Waals surface area (Å²) in [6.07, 6.45) is 3.87. The van der Waals surface area contributed by atoms with Crippen LogP contribution in [0, 0.1) is 0 Å². The molecule has 80 valence electrons. The molecule has 0 bridgehead atoms. The number of nitrogens with zero attached hydrogens (tertiary/aromatic N) is 1. The first-order valence-corrected chi connectivity index (χ1v) is 5.20. The molecule has 0 aliphatic heterocycles. The molecule has 1 aromatic heterocycles. The molecule has 0 unspecified atom stereocenters. The summed E-state index contributed by atoms with van der Waals surface area (Å²) >= 11 is 0. The first kappa shape index (κ1) is 10.1. The van der Waals surface area contributed by atoms with Crippen LogP contribution in [0.3, 0.4) is 0 Å². The molecule has 1 aliphatic rings. The molecule has 4 nitrogen and oxygen atoms in total. The van der Waals surface area contributed by atoms with Gasteiger partial charge in [-0.2, -0.15) is 0 Å². The highest BCUT2D eigenvalue weighted by Gasteiger charge is 2.24. The van der Waals surface area contributed by atoms with Crippen LogP contribution in [-0.4, -0.2) is 24.0 Å². The molecule has 0 aromatic carbocycles. The van der Waals surface area contributed by atoms with Gasteiger partial charge in [0.2, 0.25) is 0 Å². The fraction of sp³-hybridized carbons (Fsp3) is 0.455. The average Bonchev–Trinajstić information content (AvgIpc) is 3.03. The predicted octanol–water partition coefficient (Wildman–Crippen LogP) is 0.693. The van der Waals surface area contributed by atoms with E-state index in [1.165, 1.54) is 0 Å². The standard InChI is InChI=1S/C11H15N3O/c1-12-7-8-4-5-13-10(6-8)11(15)14-9-2-3-9/h4-6,9,12H,2-3,7H2,1H3,(H,14,15). The summed E-state index contributed by atoms with van der Waals surface area (Å²) < 4.78 is 0. The largest absolute Gasteiger partial charge is 0.348 e. The predicted molar refractivity (Wildman–Crippen MR) is 57.5 cm³/mol.